The van der Waals surface area contributed by atoms with Crippen molar-refractivity contribution >= 4 is 16.7 Å². The van der Waals surface area contributed by atoms with Gasteiger partial charge in [0.05, 0.1) is 32.5 Å². The Labute approximate surface area is 178 Å². The van der Waals surface area contributed by atoms with Gasteiger partial charge in [-0.15, -0.1) is 0 Å². The first-order valence-electron chi connectivity index (χ1n) is 9.46. The molecule has 4 aromatic rings. The first-order valence-corrected chi connectivity index (χ1v) is 9.46. The number of nitrogens with two attached hydrogens (primary N) is 1. The predicted molar refractivity (Wildman–Crippen MR) is 119 cm³/mol. The van der Waals surface area contributed by atoms with Gasteiger partial charge in [-0.2, -0.15) is 5.10 Å². The fourth-order valence-electron chi connectivity index (χ4n) is 3.54. The van der Waals surface area contributed by atoms with Crippen LogP contribution in [0.15, 0.2) is 59.8 Å². The molecule has 0 aliphatic rings. The minimum absolute atomic E-state index is 0.0415. The Morgan fingerprint density at radius 1 is 0.903 bits per heavy atom. The first kappa shape index (κ1) is 20.1. The smallest absolute Gasteiger partial charge is 0.203 e. The maximum absolute atomic E-state index is 8.98. The van der Waals surface area contributed by atoms with Crippen LogP contribution in [-0.4, -0.2) is 42.6 Å². The molecule has 0 saturated heterocycles. The highest BCUT2D eigenvalue weighted by molar-refractivity contribution is 6.00. The molecule has 0 radical (unpaired) electrons. The Balaban J connectivity index is 1.85. The number of nitrogens with zero attached hydrogens (tertiary/aromatic N) is 2. The van der Waals surface area contributed by atoms with Gasteiger partial charge < -0.3 is 25.2 Å². The summed E-state index contributed by atoms with van der Waals surface area (Å²) >= 11 is 0. The van der Waals surface area contributed by atoms with Crippen LogP contribution in [0.2, 0.25) is 0 Å². The molecular weight excluding hydrogens is 396 g/mol. The molecule has 0 amide bonds. The number of aromatic nitrogens is 2. The van der Waals surface area contributed by atoms with Crippen LogP contribution < -0.4 is 19.9 Å². The Morgan fingerprint density at radius 2 is 1.65 bits per heavy atom. The number of H-pyrrole nitrogens is 1. The number of ether oxygens (including phenoxy) is 3. The van der Waals surface area contributed by atoms with Crippen LogP contribution >= 0.6 is 0 Å². The number of hydrogen-bond donors (Lipinski definition) is 3. The molecule has 0 aliphatic carbocycles. The van der Waals surface area contributed by atoms with Gasteiger partial charge in [0.25, 0.3) is 0 Å². The number of oxime groups is 1. The van der Waals surface area contributed by atoms with Crippen molar-refractivity contribution in [1.29, 1.82) is 0 Å². The van der Waals surface area contributed by atoms with Gasteiger partial charge in [-0.3, -0.25) is 5.10 Å². The van der Waals surface area contributed by atoms with Crippen LogP contribution in [0.1, 0.15) is 5.56 Å². The van der Waals surface area contributed by atoms with Crippen molar-refractivity contribution in [3.05, 3.63) is 60.2 Å². The number of fused-ring (bicyclic) bond motifs is 1. The number of methoxy groups -OCH3 is 3. The second-order valence-corrected chi connectivity index (χ2v) is 6.81. The zero-order valence-electron chi connectivity index (χ0n) is 17.3. The van der Waals surface area contributed by atoms with Crippen LogP contribution in [0.5, 0.6) is 17.2 Å². The summed E-state index contributed by atoms with van der Waals surface area (Å²) < 4.78 is 16.4. The number of nitrogens with one attached hydrogen (secondary N) is 1. The third-order valence-corrected chi connectivity index (χ3v) is 5.10. The van der Waals surface area contributed by atoms with E-state index in [9.17, 15) is 0 Å². The molecule has 158 valence electrons. The molecule has 0 fully saturated rings. The monoisotopic (exact) mass is 418 g/mol. The molecule has 0 atom stereocenters. The fraction of sp³-hybridized carbons (Fsp3) is 0.130. The topological polar surface area (TPSA) is 115 Å². The highest BCUT2D eigenvalue weighted by Crippen LogP contribution is 2.42. The Kier molecular flexibility index (Phi) is 5.36. The number of aromatic amines is 1. The van der Waals surface area contributed by atoms with E-state index in [1.54, 1.807) is 27.4 Å². The van der Waals surface area contributed by atoms with Crippen LogP contribution in [0, 0.1) is 0 Å². The number of rotatable bonds is 6. The summed E-state index contributed by atoms with van der Waals surface area (Å²) in [5.41, 5.74) is 10.7. The second kappa shape index (κ2) is 8.27. The minimum Gasteiger partial charge on any atom is -0.493 e. The zero-order valence-corrected chi connectivity index (χ0v) is 17.3. The summed E-state index contributed by atoms with van der Waals surface area (Å²) in [5, 5.41) is 20.5. The lowest BCUT2D eigenvalue weighted by atomic mass is 9.99. The molecule has 1 aromatic heterocycles. The van der Waals surface area contributed by atoms with E-state index in [0.29, 0.717) is 22.8 Å². The highest BCUT2D eigenvalue weighted by Gasteiger charge is 2.16. The molecule has 31 heavy (non-hydrogen) atoms. The summed E-state index contributed by atoms with van der Waals surface area (Å²) in [7, 11) is 4.76. The third kappa shape index (κ3) is 3.59. The SMILES string of the molecule is COc1cc(-c2ccc3[nH]nc(-c4cccc(/C(N)=N\O)c4)c3c2)cc(OC)c1OC. The molecule has 0 spiro atoms. The van der Waals surface area contributed by atoms with E-state index >= 15 is 0 Å². The molecule has 4 rings (SSSR count). The number of benzene rings is 3. The average molecular weight is 418 g/mol. The largest absolute Gasteiger partial charge is 0.493 e. The molecule has 8 heteroatoms. The molecule has 0 unspecified atom stereocenters. The molecule has 4 N–H and O–H groups in total. The molecule has 8 nitrogen and oxygen atoms in total. The van der Waals surface area contributed by atoms with E-state index in [2.05, 4.69) is 15.4 Å². The van der Waals surface area contributed by atoms with Gasteiger partial charge in [0.15, 0.2) is 17.3 Å². The summed E-state index contributed by atoms with van der Waals surface area (Å²) in [6.45, 7) is 0. The van der Waals surface area contributed by atoms with E-state index in [0.717, 1.165) is 33.3 Å². The van der Waals surface area contributed by atoms with Crippen molar-refractivity contribution in [2.45, 2.75) is 0 Å². The van der Waals surface area contributed by atoms with Gasteiger partial charge in [-0.25, -0.2) is 0 Å². The normalized spacial score (nSPS) is 11.5. The van der Waals surface area contributed by atoms with Gasteiger partial charge in [0.1, 0.15) is 0 Å². The van der Waals surface area contributed by atoms with Crippen molar-refractivity contribution in [3.63, 3.8) is 0 Å². The maximum Gasteiger partial charge on any atom is 0.203 e. The highest BCUT2D eigenvalue weighted by atomic mass is 16.5. The van der Waals surface area contributed by atoms with Crippen LogP contribution in [0.3, 0.4) is 0 Å². The average Bonchev–Trinajstić information content (AvgIpc) is 3.25. The third-order valence-electron chi connectivity index (χ3n) is 5.10. The summed E-state index contributed by atoms with van der Waals surface area (Å²) in [4.78, 5) is 0. The maximum atomic E-state index is 8.98. The fourth-order valence-corrected chi connectivity index (χ4v) is 3.54. The van der Waals surface area contributed by atoms with Crippen LogP contribution in [-0.2, 0) is 0 Å². The van der Waals surface area contributed by atoms with E-state index in [-0.39, 0.29) is 5.84 Å². The van der Waals surface area contributed by atoms with E-state index in [1.807, 2.05) is 48.5 Å². The Bertz CT molecular complexity index is 1250. The van der Waals surface area contributed by atoms with Crippen molar-refractivity contribution < 1.29 is 19.4 Å². The molecule has 3 aromatic carbocycles. The van der Waals surface area contributed by atoms with E-state index < -0.39 is 0 Å². The van der Waals surface area contributed by atoms with Crippen molar-refractivity contribution in [1.82, 2.24) is 10.2 Å². The molecule has 0 saturated carbocycles. The Morgan fingerprint density at radius 3 is 2.29 bits per heavy atom. The van der Waals surface area contributed by atoms with Gasteiger partial charge >= 0.3 is 0 Å². The van der Waals surface area contributed by atoms with Crippen molar-refractivity contribution in [2.75, 3.05) is 21.3 Å². The molecular formula is C23H22N4O4. The first-order chi connectivity index (χ1) is 15.1. The van der Waals surface area contributed by atoms with Crippen molar-refractivity contribution in [3.8, 4) is 39.6 Å². The second-order valence-electron chi connectivity index (χ2n) is 6.81. The van der Waals surface area contributed by atoms with E-state index in [1.165, 1.54) is 0 Å². The quantitative estimate of drug-likeness (QED) is 0.189. The summed E-state index contributed by atoms with van der Waals surface area (Å²) in [6.07, 6.45) is 0. The van der Waals surface area contributed by atoms with Crippen LogP contribution in [0.4, 0.5) is 0 Å². The molecule has 0 bridgehead atoms. The standard InChI is InChI=1S/C23H22N4O4/c1-29-19-11-16(12-20(30-2)22(19)31-3)13-7-8-18-17(10-13)21(26-25-18)14-5-4-6-15(9-14)23(24)27-28/h4-12,28H,1-3H3,(H2,24,27)(H,25,26). The lowest BCUT2D eigenvalue weighted by molar-refractivity contribution is 0.318. The van der Waals surface area contributed by atoms with Crippen LogP contribution in [0.25, 0.3) is 33.3 Å². The summed E-state index contributed by atoms with van der Waals surface area (Å²) in [6, 6.07) is 17.2. The lowest BCUT2D eigenvalue weighted by Crippen LogP contribution is -2.12. The van der Waals surface area contributed by atoms with E-state index in [4.69, 9.17) is 25.2 Å². The lowest BCUT2D eigenvalue weighted by Gasteiger charge is -2.14. The zero-order chi connectivity index (χ0) is 22.0. The van der Waals surface area contributed by atoms with Gasteiger partial charge in [0, 0.05) is 16.5 Å². The summed E-state index contributed by atoms with van der Waals surface area (Å²) in [5.74, 6) is 1.74. The Hall–Kier alpha value is -4.20. The van der Waals surface area contributed by atoms with Gasteiger partial charge in [-0.05, 0) is 41.5 Å². The number of hydrogen-bond acceptors (Lipinski definition) is 6. The van der Waals surface area contributed by atoms with Crippen molar-refractivity contribution in [2.24, 2.45) is 10.9 Å². The van der Waals surface area contributed by atoms with Gasteiger partial charge in [0.2, 0.25) is 5.75 Å². The van der Waals surface area contributed by atoms with Gasteiger partial charge in [-0.1, -0.05) is 29.4 Å². The number of amidine groups is 1. The predicted octanol–water partition coefficient (Wildman–Crippen LogP) is 4.02. The molecule has 1 heterocycles. The minimum atomic E-state index is 0.0415. The molecule has 0 aliphatic heterocycles.